The number of benzene rings is 2. The van der Waals surface area contributed by atoms with E-state index in [1.54, 1.807) is 20.8 Å². The zero-order chi connectivity index (χ0) is 33.9. The fourth-order valence-electron chi connectivity index (χ4n) is 4.87. The lowest BCUT2D eigenvalue weighted by molar-refractivity contribution is -0.127. The zero-order valence-corrected chi connectivity index (χ0v) is 28.3. The normalized spacial score (nSPS) is 14.4. The van der Waals surface area contributed by atoms with Gasteiger partial charge in [0.1, 0.15) is 17.8 Å². The van der Waals surface area contributed by atoms with E-state index in [4.69, 9.17) is 15.2 Å². The lowest BCUT2D eigenvalue weighted by Crippen LogP contribution is -2.59. The van der Waals surface area contributed by atoms with Crippen LogP contribution in [0.4, 0.5) is 15.3 Å². The molecule has 0 aromatic heterocycles. The minimum Gasteiger partial charge on any atom is -0.453 e. The number of carbonyl (C=O) groups excluding carboxylic acids is 3. The molecule has 2 aromatic carbocycles. The predicted octanol–water partition coefficient (Wildman–Crippen LogP) is 4.59. The number of aliphatic hydroxyl groups excluding tert-OH is 1. The average molecular weight is 628 g/mol. The first-order valence-corrected chi connectivity index (χ1v) is 15.5. The Morgan fingerprint density at radius 1 is 0.911 bits per heavy atom. The molecule has 0 saturated heterocycles. The number of carbonyl (C=O) groups is 3. The molecule has 45 heavy (non-hydrogen) atoms. The van der Waals surface area contributed by atoms with E-state index in [0.717, 1.165) is 24.3 Å². The molecule has 0 heterocycles. The molecule has 250 valence electrons. The molecule has 0 aliphatic carbocycles. The van der Waals surface area contributed by atoms with Gasteiger partial charge >= 0.3 is 12.2 Å². The molecule has 0 radical (unpaired) electrons. The van der Waals surface area contributed by atoms with E-state index in [2.05, 4.69) is 29.4 Å². The van der Waals surface area contributed by atoms with Crippen LogP contribution in [0.1, 0.15) is 72.7 Å². The first-order valence-electron chi connectivity index (χ1n) is 15.5. The summed E-state index contributed by atoms with van der Waals surface area (Å²) >= 11 is 0. The lowest BCUT2D eigenvalue weighted by Gasteiger charge is -2.36. The molecule has 5 N–H and O–H groups in total. The third kappa shape index (κ3) is 11.6. The summed E-state index contributed by atoms with van der Waals surface area (Å²) in [5, 5.41) is 17.2. The highest BCUT2D eigenvalue weighted by Crippen LogP contribution is 2.24. The number of amides is 3. The Kier molecular flexibility index (Phi) is 13.7. The summed E-state index contributed by atoms with van der Waals surface area (Å²) in [4.78, 5) is 42.7. The number of methoxy groups -OCH3 is 1. The van der Waals surface area contributed by atoms with Crippen molar-refractivity contribution in [1.82, 2.24) is 15.5 Å². The second kappa shape index (κ2) is 16.5. The van der Waals surface area contributed by atoms with Crippen LogP contribution in [-0.2, 0) is 20.7 Å². The van der Waals surface area contributed by atoms with Crippen molar-refractivity contribution in [1.29, 1.82) is 0 Å². The Labute approximate surface area is 268 Å². The van der Waals surface area contributed by atoms with Gasteiger partial charge in [-0.2, -0.15) is 0 Å². The molecule has 1 unspecified atom stereocenters. The van der Waals surface area contributed by atoms with E-state index in [1.807, 2.05) is 75.4 Å². The van der Waals surface area contributed by atoms with Crippen molar-refractivity contribution in [3.05, 3.63) is 65.7 Å². The van der Waals surface area contributed by atoms with Gasteiger partial charge in [-0.05, 0) is 69.7 Å². The van der Waals surface area contributed by atoms with Gasteiger partial charge in [0.2, 0.25) is 5.91 Å². The molecule has 0 spiro atoms. The fraction of sp³-hybridized carbons (Fsp3) is 0.559. The summed E-state index contributed by atoms with van der Waals surface area (Å²) < 4.78 is 10.4. The standard InChI is InChI=1S/C34H53N5O6/c1-10-38(11-2)25-19-17-24(18-20-25)29(35)39(32(43)45-34(6,7)8)22-27(40)26(21-23-15-13-12-14-16-23)36-30(41)28(33(3,4)5)37-31(42)44-9/h12-20,26-29,40H,10-11,21-22,35H2,1-9H3,(H,36,41)(H,37,42)/t26-,27-,28+,29?/m0/s1. The molecule has 0 aliphatic rings. The zero-order valence-electron chi connectivity index (χ0n) is 28.3. The van der Waals surface area contributed by atoms with Crippen LogP contribution in [0, 0.1) is 5.41 Å². The number of nitrogens with one attached hydrogen (secondary N) is 2. The minimum atomic E-state index is -1.26. The summed E-state index contributed by atoms with van der Waals surface area (Å²) in [5.74, 6) is -0.506. The number of ether oxygens (including phenoxy) is 2. The molecule has 3 amide bonds. The molecule has 11 nitrogen and oxygen atoms in total. The maximum atomic E-state index is 13.6. The van der Waals surface area contributed by atoms with Crippen molar-refractivity contribution in [3.8, 4) is 0 Å². The smallest absolute Gasteiger partial charge is 0.411 e. The molecule has 0 aliphatic heterocycles. The van der Waals surface area contributed by atoms with Crippen LogP contribution in [0.3, 0.4) is 0 Å². The van der Waals surface area contributed by atoms with Crippen LogP contribution in [0.5, 0.6) is 0 Å². The van der Waals surface area contributed by atoms with Gasteiger partial charge in [-0.15, -0.1) is 0 Å². The highest BCUT2D eigenvalue weighted by molar-refractivity contribution is 5.86. The highest BCUT2D eigenvalue weighted by Gasteiger charge is 2.37. The van der Waals surface area contributed by atoms with Gasteiger partial charge in [-0.25, -0.2) is 9.59 Å². The van der Waals surface area contributed by atoms with Gasteiger partial charge in [0.15, 0.2) is 0 Å². The van der Waals surface area contributed by atoms with Gasteiger partial charge in [-0.3, -0.25) is 9.69 Å². The summed E-state index contributed by atoms with van der Waals surface area (Å²) in [6.07, 6.45) is -3.41. The van der Waals surface area contributed by atoms with Crippen LogP contribution in [0.2, 0.25) is 0 Å². The van der Waals surface area contributed by atoms with Gasteiger partial charge in [-0.1, -0.05) is 63.2 Å². The Hall–Kier alpha value is -3.83. The largest absolute Gasteiger partial charge is 0.453 e. The SMILES string of the molecule is CCN(CC)c1ccc(C(N)N(C[C@H](O)[C@H](Cc2ccccc2)NC(=O)[C@@H](NC(=O)OC)C(C)(C)C)C(=O)OC(C)(C)C)cc1. The van der Waals surface area contributed by atoms with E-state index >= 15 is 0 Å². The average Bonchev–Trinajstić information content (AvgIpc) is 2.97. The van der Waals surface area contributed by atoms with Gasteiger partial charge < -0.3 is 35.8 Å². The Morgan fingerprint density at radius 2 is 1.49 bits per heavy atom. The molecule has 2 rings (SSSR count). The topological polar surface area (TPSA) is 146 Å². The Bertz CT molecular complexity index is 1220. The lowest BCUT2D eigenvalue weighted by atomic mass is 9.85. The number of nitrogens with two attached hydrogens (primary N) is 1. The monoisotopic (exact) mass is 627 g/mol. The molecule has 2 aromatic rings. The van der Waals surface area contributed by atoms with E-state index in [1.165, 1.54) is 12.0 Å². The molecule has 4 atom stereocenters. The molecular formula is C34H53N5O6. The summed E-state index contributed by atoms with van der Waals surface area (Å²) in [6, 6.07) is 15.2. The molecule has 0 fully saturated rings. The van der Waals surface area contributed by atoms with E-state index in [-0.39, 0.29) is 13.0 Å². The number of hydrogen-bond donors (Lipinski definition) is 4. The Balaban J connectivity index is 2.45. The number of hydrogen-bond acceptors (Lipinski definition) is 8. The number of aliphatic hydroxyl groups is 1. The second-order valence-corrected chi connectivity index (χ2v) is 13.1. The van der Waals surface area contributed by atoms with Crippen molar-refractivity contribution >= 4 is 23.8 Å². The third-order valence-corrected chi connectivity index (χ3v) is 7.38. The van der Waals surface area contributed by atoms with Crippen molar-refractivity contribution in [2.24, 2.45) is 11.1 Å². The van der Waals surface area contributed by atoms with Crippen LogP contribution < -0.4 is 21.3 Å². The van der Waals surface area contributed by atoms with E-state index in [0.29, 0.717) is 5.56 Å². The van der Waals surface area contributed by atoms with Crippen LogP contribution in [-0.4, -0.2) is 78.6 Å². The fourth-order valence-corrected chi connectivity index (χ4v) is 4.87. The summed E-state index contributed by atoms with van der Waals surface area (Å²) in [5.41, 5.74) is 7.73. The van der Waals surface area contributed by atoms with Crippen molar-refractivity contribution in [3.63, 3.8) is 0 Å². The number of rotatable bonds is 13. The van der Waals surface area contributed by atoms with Crippen molar-refractivity contribution in [2.45, 2.75) is 91.8 Å². The quantitative estimate of drug-likeness (QED) is 0.236. The summed E-state index contributed by atoms with van der Waals surface area (Å²) in [7, 11) is 1.22. The first kappa shape index (κ1) is 37.4. The summed E-state index contributed by atoms with van der Waals surface area (Å²) in [6.45, 7) is 16.3. The van der Waals surface area contributed by atoms with Gasteiger partial charge in [0, 0.05) is 18.8 Å². The predicted molar refractivity (Wildman–Crippen MR) is 177 cm³/mol. The van der Waals surface area contributed by atoms with Crippen LogP contribution in [0.15, 0.2) is 54.6 Å². The number of nitrogens with zero attached hydrogens (tertiary/aromatic N) is 2. The number of anilines is 1. The van der Waals surface area contributed by atoms with Gasteiger partial charge in [0.05, 0.1) is 25.8 Å². The van der Waals surface area contributed by atoms with E-state index < -0.39 is 53.5 Å². The van der Waals surface area contributed by atoms with Crippen molar-refractivity contribution < 1.29 is 29.0 Å². The van der Waals surface area contributed by atoms with Crippen LogP contribution >= 0.6 is 0 Å². The van der Waals surface area contributed by atoms with Crippen molar-refractivity contribution in [2.75, 3.05) is 31.6 Å². The Morgan fingerprint density at radius 3 is 1.98 bits per heavy atom. The second-order valence-electron chi connectivity index (χ2n) is 13.1. The first-order chi connectivity index (χ1) is 21.0. The highest BCUT2D eigenvalue weighted by atomic mass is 16.6. The molecular weight excluding hydrogens is 574 g/mol. The maximum absolute atomic E-state index is 13.6. The maximum Gasteiger partial charge on any atom is 0.411 e. The van der Waals surface area contributed by atoms with Crippen LogP contribution in [0.25, 0.3) is 0 Å². The molecule has 0 bridgehead atoms. The molecule has 11 heteroatoms. The van der Waals surface area contributed by atoms with E-state index in [9.17, 15) is 19.5 Å². The third-order valence-electron chi connectivity index (χ3n) is 7.38. The van der Waals surface area contributed by atoms with Gasteiger partial charge in [0.25, 0.3) is 0 Å². The minimum absolute atomic E-state index is 0.240. The number of alkyl carbamates (subject to hydrolysis) is 1. The molecule has 0 saturated carbocycles.